The van der Waals surface area contributed by atoms with E-state index in [1.54, 1.807) is 14.0 Å². The number of nitrogens with zero attached hydrogens (tertiary/aromatic N) is 2. The van der Waals surface area contributed by atoms with E-state index in [1.165, 1.54) is 11.3 Å². The Morgan fingerprint density at radius 2 is 1.67 bits per heavy atom. The molecule has 36 heavy (non-hydrogen) atoms. The number of anilines is 1. The van der Waals surface area contributed by atoms with Crippen LogP contribution in [0.15, 0.2) is 60.0 Å². The van der Waals surface area contributed by atoms with Crippen LogP contribution < -0.4 is 10.1 Å². The molecule has 188 valence electrons. The van der Waals surface area contributed by atoms with E-state index >= 15 is 0 Å². The van der Waals surface area contributed by atoms with E-state index in [2.05, 4.69) is 5.32 Å². The summed E-state index contributed by atoms with van der Waals surface area (Å²) in [7, 11) is 1.60. The Morgan fingerprint density at radius 1 is 0.972 bits per heavy atom. The minimum Gasteiger partial charge on any atom is -0.497 e. The molecule has 0 radical (unpaired) electrons. The van der Waals surface area contributed by atoms with Gasteiger partial charge in [0, 0.05) is 42.7 Å². The zero-order valence-electron chi connectivity index (χ0n) is 20.4. The maximum Gasteiger partial charge on any atom is 0.341 e. The number of methoxy groups -OCH3 is 1. The van der Waals surface area contributed by atoms with Crippen molar-refractivity contribution in [2.45, 2.75) is 6.92 Å². The van der Waals surface area contributed by atoms with Gasteiger partial charge in [-0.2, -0.15) is 0 Å². The van der Waals surface area contributed by atoms with Crippen molar-refractivity contribution in [3.63, 3.8) is 0 Å². The molecule has 0 bridgehead atoms. The lowest BCUT2D eigenvalue weighted by Gasteiger charge is -2.34. The standard InChI is InChI=1S/C27H29N3O5S/c1-3-35-27(33)24-22(19-9-11-21(34-2)12-10-19)18-36-25(24)28-23(31)17-29-13-15-30(16-14-29)26(32)20-7-5-4-6-8-20/h4-12,18H,3,13-17H2,1-2H3,(H,28,31). The molecule has 2 heterocycles. The van der Waals surface area contributed by atoms with Crippen LogP contribution in [0.2, 0.25) is 0 Å². The fourth-order valence-corrected chi connectivity index (χ4v) is 5.05. The number of ether oxygens (including phenoxy) is 2. The van der Waals surface area contributed by atoms with Gasteiger partial charge in [-0.3, -0.25) is 14.5 Å². The number of thiophene rings is 1. The third-order valence-corrected chi connectivity index (χ3v) is 6.87. The number of rotatable bonds is 8. The summed E-state index contributed by atoms with van der Waals surface area (Å²) < 4.78 is 10.5. The average molecular weight is 508 g/mol. The minimum absolute atomic E-state index is 0.00317. The third kappa shape index (κ3) is 5.92. The predicted octanol–water partition coefficient (Wildman–Crippen LogP) is 4.00. The van der Waals surface area contributed by atoms with Crippen molar-refractivity contribution in [1.82, 2.24) is 9.80 Å². The van der Waals surface area contributed by atoms with Gasteiger partial charge in [0.15, 0.2) is 0 Å². The van der Waals surface area contributed by atoms with E-state index in [1.807, 2.05) is 69.8 Å². The van der Waals surface area contributed by atoms with Crippen LogP contribution in [-0.4, -0.2) is 74.0 Å². The van der Waals surface area contributed by atoms with Crippen molar-refractivity contribution in [3.05, 3.63) is 71.1 Å². The molecular weight excluding hydrogens is 478 g/mol. The maximum atomic E-state index is 12.9. The number of benzene rings is 2. The van der Waals surface area contributed by atoms with Crippen LogP contribution in [0.25, 0.3) is 11.1 Å². The maximum absolute atomic E-state index is 12.9. The highest BCUT2D eigenvalue weighted by molar-refractivity contribution is 7.15. The van der Waals surface area contributed by atoms with E-state index in [0.717, 1.165) is 5.56 Å². The van der Waals surface area contributed by atoms with Crippen molar-refractivity contribution < 1.29 is 23.9 Å². The first-order valence-corrected chi connectivity index (χ1v) is 12.7. The van der Waals surface area contributed by atoms with Crippen molar-refractivity contribution in [2.24, 2.45) is 0 Å². The van der Waals surface area contributed by atoms with E-state index in [9.17, 15) is 14.4 Å². The summed E-state index contributed by atoms with van der Waals surface area (Å²) in [5.41, 5.74) is 2.54. The van der Waals surface area contributed by atoms with Crippen LogP contribution in [0.1, 0.15) is 27.6 Å². The molecule has 1 N–H and O–H groups in total. The highest BCUT2D eigenvalue weighted by atomic mass is 32.1. The highest BCUT2D eigenvalue weighted by Gasteiger charge is 2.26. The van der Waals surface area contributed by atoms with Crippen LogP contribution in [0.4, 0.5) is 5.00 Å². The molecule has 1 aromatic heterocycles. The summed E-state index contributed by atoms with van der Waals surface area (Å²) in [5, 5.41) is 5.21. The Balaban J connectivity index is 1.40. The van der Waals surface area contributed by atoms with Crippen molar-refractivity contribution in [1.29, 1.82) is 0 Å². The topological polar surface area (TPSA) is 88.2 Å². The number of hydrogen-bond donors (Lipinski definition) is 1. The van der Waals surface area contributed by atoms with Crippen LogP contribution in [0.3, 0.4) is 0 Å². The lowest BCUT2D eigenvalue weighted by molar-refractivity contribution is -0.117. The van der Waals surface area contributed by atoms with E-state index in [4.69, 9.17) is 9.47 Å². The third-order valence-electron chi connectivity index (χ3n) is 5.97. The highest BCUT2D eigenvalue weighted by Crippen LogP contribution is 2.37. The molecule has 8 nitrogen and oxygen atoms in total. The van der Waals surface area contributed by atoms with Gasteiger partial charge in [0.2, 0.25) is 5.91 Å². The SMILES string of the molecule is CCOC(=O)c1c(-c2ccc(OC)cc2)csc1NC(=O)CN1CCN(C(=O)c2ccccc2)CC1. The fraction of sp³-hybridized carbons (Fsp3) is 0.296. The number of nitrogens with one attached hydrogen (secondary N) is 1. The Hall–Kier alpha value is -3.69. The molecule has 4 rings (SSSR count). The quantitative estimate of drug-likeness (QED) is 0.464. The zero-order chi connectivity index (χ0) is 25.5. The monoisotopic (exact) mass is 507 g/mol. The predicted molar refractivity (Wildman–Crippen MR) is 140 cm³/mol. The summed E-state index contributed by atoms with van der Waals surface area (Å²) in [6, 6.07) is 16.6. The molecule has 1 saturated heterocycles. The number of carbonyl (C=O) groups excluding carboxylic acids is 3. The summed E-state index contributed by atoms with van der Waals surface area (Å²) in [4.78, 5) is 42.1. The van der Waals surface area contributed by atoms with Crippen LogP contribution >= 0.6 is 11.3 Å². The first kappa shape index (κ1) is 25.4. The molecule has 1 aliphatic heterocycles. The van der Waals surface area contributed by atoms with Crippen LogP contribution in [0.5, 0.6) is 5.75 Å². The molecule has 1 fully saturated rings. The lowest BCUT2D eigenvalue weighted by Crippen LogP contribution is -2.50. The minimum atomic E-state index is -0.479. The molecule has 2 amide bonds. The largest absolute Gasteiger partial charge is 0.497 e. The van der Waals surface area contributed by atoms with Gasteiger partial charge in [-0.15, -0.1) is 11.3 Å². The molecule has 0 spiro atoms. The Morgan fingerprint density at radius 3 is 2.31 bits per heavy atom. The lowest BCUT2D eigenvalue weighted by atomic mass is 10.0. The fourth-order valence-electron chi connectivity index (χ4n) is 4.08. The van der Waals surface area contributed by atoms with E-state index < -0.39 is 5.97 Å². The second kappa shape index (κ2) is 11.8. The number of hydrogen-bond acceptors (Lipinski definition) is 7. The second-order valence-corrected chi connectivity index (χ2v) is 9.16. The summed E-state index contributed by atoms with van der Waals surface area (Å²) >= 11 is 1.29. The molecule has 3 aromatic rings. The molecule has 0 unspecified atom stereocenters. The van der Waals surface area contributed by atoms with Gasteiger partial charge >= 0.3 is 5.97 Å². The first-order valence-electron chi connectivity index (χ1n) is 11.8. The Labute approximate surface area is 214 Å². The molecular formula is C27H29N3O5S. The normalized spacial score (nSPS) is 13.8. The average Bonchev–Trinajstić information content (AvgIpc) is 3.32. The van der Waals surface area contributed by atoms with Crippen molar-refractivity contribution >= 4 is 34.1 Å². The first-order chi connectivity index (χ1) is 17.5. The van der Waals surface area contributed by atoms with Gasteiger partial charge in [-0.05, 0) is 36.8 Å². The molecule has 2 aromatic carbocycles. The van der Waals surface area contributed by atoms with Gasteiger partial charge in [0.1, 0.15) is 16.3 Å². The summed E-state index contributed by atoms with van der Waals surface area (Å²) in [6.45, 7) is 4.45. The number of esters is 1. The van der Waals surface area contributed by atoms with Gasteiger partial charge in [-0.1, -0.05) is 30.3 Å². The van der Waals surface area contributed by atoms with Crippen molar-refractivity contribution in [2.75, 3.05) is 51.8 Å². The van der Waals surface area contributed by atoms with E-state index in [-0.39, 0.29) is 25.0 Å². The number of amides is 2. The molecule has 0 atom stereocenters. The van der Waals surface area contributed by atoms with E-state index in [0.29, 0.717) is 53.6 Å². The Kier molecular flexibility index (Phi) is 8.35. The van der Waals surface area contributed by atoms with Crippen LogP contribution in [-0.2, 0) is 9.53 Å². The van der Waals surface area contributed by atoms with Gasteiger partial charge in [0.25, 0.3) is 5.91 Å². The van der Waals surface area contributed by atoms with Gasteiger partial charge in [0.05, 0.1) is 20.3 Å². The number of piperazine rings is 1. The van der Waals surface area contributed by atoms with Crippen molar-refractivity contribution in [3.8, 4) is 16.9 Å². The zero-order valence-corrected chi connectivity index (χ0v) is 21.2. The van der Waals surface area contributed by atoms with Gasteiger partial charge < -0.3 is 19.7 Å². The summed E-state index contributed by atoms with van der Waals surface area (Å²) in [6.07, 6.45) is 0. The Bertz CT molecular complexity index is 1200. The second-order valence-electron chi connectivity index (χ2n) is 8.29. The molecule has 0 saturated carbocycles. The number of carbonyl (C=O) groups is 3. The summed E-state index contributed by atoms with van der Waals surface area (Å²) in [5.74, 6) is 0.0219. The molecule has 9 heteroatoms. The van der Waals surface area contributed by atoms with Crippen LogP contribution in [0, 0.1) is 0 Å². The molecule has 1 aliphatic rings. The van der Waals surface area contributed by atoms with Gasteiger partial charge in [-0.25, -0.2) is 4.79 Å². The smallest absolute Gasteiger partial charge is 0.341 e. The molecule has 0 aliphatic carbocycles.